The summed E-state index contributed by atoms with van der Waals surface area (Å²) >= 11 is 7.39. The van der Waals surface area contributed by atoms with Gasteiger partial charge in [-0.05, 0) is 55.3 Å². The summed E-state index contributed by atoms with van der Waals surface area (Å²) in [6.45, 7) is 3.75. The van der Waals surface area contributed by atoms with Crippen LogP contribution in [0.25, 0.3) is 6.08 Å². The van der Waals surface area contributed by atoms with Crippen molar-refractivity contribution in [3.05, 3.63) is 95.6 Å². The average molecular weight is 482 g/mol. The molecule has 2 heterocycles. The predicted molar refractivity (Wildman–Crippen MR) is 133 cm³/mol. The van der Waals surface area contributed by atoms with E-state index in [0.29, 0.717) is 25.6 Å². The number of allylic oxidation sites excluding steroid dienone is 1. The smallest absolute Gasteiger partial charge is 0.338 e. The van der Waals surface area contributed by atoms with E-state index >= 15 is 0 Å². The lowest BCUT2D eigenvalue weighted by Crippen LogP contribution is -2.39. The van der Waals surface area contributed by atoms with Crippen LogP contribution in [0.2, 0.25) is 5.02 Å². The van der Waals surface area contributed by atoms with Gasteiger partial charge in [-0.1, -0.05) is 47.2 Å². The summed E-state index contributed by atoms with van der Waals surface area (Å²) in [6.07, 6.45) is 1.85. The summed E-state index contributed by atoms with van der Waals surface area (Å²) in [6, 6.07) is 14.4. The van der Waals surface area contributed by atoms with Crippen LogP contribution in [0.4, 0.5) is 5.69 Å². The highest BCUT2D eigenvalue weighted by atomic mass is 35.5. The number of thiazole rings is 1. The van der Waals surface area contributed by atoms with Crippen LogP contribution >= 0.6 is 22.9 Å². The number of hydrogen-bond donors (Lipinski definition) is 0. The van der Waals surface area contributed by atoms with Gasteiger partial charge in [0.15, 0.2) is 4.80 Å². The number of aromatic nitrogens is 1. The van der Waals surface area contributed by atoms with Crippen LogP contribution in [0.1, 0.15) is 31.0 Å². The molecule has 0 fully saturated rings. The molecule has 170 valence electrons. The number of carbonyl (C=O) groups excluding carboxylic acids is 1. The molecule has 33 heavy (non-hydrogen) atoms. The van der Waals surface area contributed by atoms with E-state index in [9.17, 15) is 9.59 Å². The van der Waals surface area contributed by atoms with E-state index in [-0.39, 0.29) is 12.2 Å². The van der Waals surface area contributed by atoms with Gasteiger partial charge in [-0.3, -0.25) is 9.36 Å². The van der Waals surface area contributed by atoms with Crippen molar-refractivity contribution in [3.63, 3.8) is 0 Å². The molecule has 0 bridgehead atoms. The van der Waals surface area contributed by atoms with Gasteiger partial charge >= 0.3 is 5.97 Å². The van der Waals surface area contributed by atoms with Crippen molar-refractivity contribution in [1.82, 2.24) is 4.57 Å². The maximum absolute atomic E-state index is 13.5. The van der Waals surface area contributed by atoms with E-state index in [1.165, 1.54) is 11.3 Å². The number of nitrogens with zero attached hydrogens (tertiary/aromatic N) is 3. The highest BCUT2D eigenvalue weighted by Gasteiger charge is 2.33. The molecule has 1 aliphatic rings. The Bertz CT molecular complexity index is 1400. The predicted octanol–water partition coefficient (Wildman–Crippen LogP) is 3.52. The Morgan fingerprint density at radius 1 is 1.18 bits per heavy atom. The molecule has 1 aliphatic heterocycles. The van der Waals surface area contributed by atoms with E-state index < -0.39 is 12.0 Å². The second-order valence-electron chi connectivity index (χ2n) is 7.84. The zero-order valence-electron chi connectivity index (χ0n) is 18.8. The molecule has 0 N–H and O–H groups in total. The van der Waals surface area contributed by atoms with E-state index in [0.717, 1.165) is 16.8 Å². The number of esters is 1. The highest BCUT2D eigenvalue weighted by Crippen LogP contribution is 2.31. The summed E-state index contributed by atoms with van der Waals surface area (Å²) in [7, 11) is 3.96. The number of rotatable bonds is 5. The molecule has 1 atom stereocenters. The Labute approximate surface area is 200 Å². The van der Waals surface area contributed by atoms with E-state index in [4.69, 9.17) is 16.3 Å². The number of anilines is 1. The molecule has 0 amide bonds. The normalized spacial score (nSPS) is 15.8. The van der Waals surface area contributed by atoms with Gasteiger partial charge in [0.1, 0.15) is 0 Å². The first-order valence-electron chi connectivity index (χ1n) is 10.5. The van der Waals surface area contributed by atoms with Crippen molar-refractivity contribution in [1.29, 1.82) is 0 Å². The molecule has 6 nitrogen and oxygen atoms in total. The Balaban J connectivity index is 1.90. The zero-order valence-corrected chi connectivity index (χ0v) is 20.4. The van der Waals surface area contributed by atoms with E-state index in [1.807, 2.05) is 61.5 Å². The fourth-order valence-corrected chi connectivity index (χ4v) is 4.94. The largest absolute Gasteiger partial charge is 0.463 e. The van der Waals surface area contributed by atoms with Gasteiger partial charge in [0.05, 0.1) is 28.5 Å². The van der Waals surface area contributed by atoms with Crippen molar-refractivity contribution in [3.8, 4) is 0 Å². The van der Waals surface area contributed by atoms with E-state index in [2.05, 4.69) is 4.99 Å². The van der Waals surface area contributed by atoms with Gasteiger partial charge in [0.2, 0.25) is 0 Å². The molecule has 2 aromatic carbocycles. The number of fused-ring (bicyclic) bond motifs is 1. The van der Waals surface area contributed by atoms with Gasteiger partial charge in [0.25, 0.3) is 5.56 Å². The standard InChI is InChI=1S/C25H24ClN3O3S/c1-5-32-24(31)21-15(2)27-25-29(22(21)17-8-10-18(26)11-9-17)23(30)20(33-25)14-16-6-12-19(13-7-16)28(3)4/h6-14,22H,5H2,1-4H3. The SMILES string of the molecule is CCOC(=O)C1=C(C)N=c2sc(=Cc3ccc(N(C)C)cc3)c(=O)n2C1c1ccc(Cl)cc1. The van der Waals surface area contributed by atoms with Crippen molar-refractivity contribution < 1.29 is 9.53 Å². The van der Waals surface area contributed by atoms with Gasteiger partial charge in [0, 0.05) is 24.8 Å². The molecule has 1 unspecified atom stereocenters. The maximum atomic E-state index is 13.5. The maximum Gasteiger partial charge on any atom is 0.338 e. The van der Waals surface area contributed by atoms with Crippen LogP contribution in [0.15, 0.2) is 69.6 Å². The quantitative estimate of drug-likeness (QED) is 0.523. The summed E-state index contributed by atoms with van der Waals surface area (Å²) in [4.78, 5) is 33.6. The summed E-state index contributed by atoms with van der Waals surface area (Å²) < 4.78 is 7.43. The second-order valence-corrected chi connectivity index (χ2v) is 9.29. The summed E-state index contributed by atoms with van der Waals surface area (Å²) in [5, 5.41) is 0.575. The van der Waals surface area contributed by atoms with Crippen molar-refractivity contribution >= 4 is 40.7 Å². The van der Waals surface area contributed by atoms with Crippen LogP contribution in [0.3, 0.4) is 0 Å². The van der Waals surface area contributed by atoms with Crippen molar-refractivity contribution in [2.24, 2.45) is 4.99 Å². The molecule has 1 aromatic heterocycles. The molecule has 0 saturated carbocycles. The van der Waals surface area contributed by atoms with Crippen LogP contribution in [-0.2, 0) is 9.53 Å². The molecule has 3 aromatic rings. The number of carbonyl (C=O) groups is 1. The van der Waals surface area contributed by atoms with Crippen LogP contribution in [0.5, 0.6) is 0 Å². The van der Waals surface area contributed by atoms with Gasteiger partial charge in [-0.25, -0.2) is 9.79 Å². The van der Waals surface area contributed by atoms with Gasteiger partial charge < -0.3 is 9.64 Å². The number of halogens is 1. The van der Waals surface area contributed by atoms with Gasteiger partial charge in [-0.2, -0.15) is 0 Å². The van der Waals surface area contributed by atoms with Crippen LogP contribution in [-0.4, -0.2) is 31.2 Å². The third-order valence-electron chi connectivity index (χ3n) is 5.41. The van der Waals surface area contributed by atoms with E-state index in [1.54, 1.807) is 30.5 Å². The highest BCUT2D eigenvalue weighted by molar-refractivity contribution is 7.07. The number of ether oxygens (including phenoxy) is 1. The second kappa shape index (κ2) is 9.37. The minimum atomic E-state index is -0.643. The zero-order chi connectivity index (χ0) is 23.7. The Morgan fingerprint density at radius 2 is 1.85 bits per heavy atom. The minimum Gasteiger partial charge on any atom is -0.463 e. The molecule has 0 aliphatic carbocycles. The summed E-state index contributed by atoms with van der Waals surface area (Å²) in [5.41, 5.74) is 3.44. The first-order chi connectivity index (χ1) is 15.8. The third kappa shape index (κ3) is 4.51. The Hall–Kier alpha value is -3.16. The molecular weight excluding hydrogens is 458 g/mol. The first-order valence-corrected chi connectivity index (χ1v) is 11.7. The lowest BCUT2D eigenvalue weighted by Gasteiger charge is -2.24. The lowest BCUT2D eigenvalue weighted by atomic mass is 9.96. The molecule has 8 heteroatoms. The van der Waals surface area contributed by atoms with Crippen LogP contribution < -0.4 is 19.8 Å². The van der Waals surface area contributed by atoms with Gasteiger partial charge in [-0.15, -0.1) is 0 Å². The summed E-state index contributed by atoms with van der Waals surface area (Å²) in [5.74, 6) is -0.479. The fourth-order valence-electron chi connectivity index (χ4n) is 3.77. The number of hydrogen-bond acceptors (Lipinski definition) is 6. The Kier molecular flexibility index (Phi) is 6.54. The lowest BCUT2D eigenvalue weighted by molar-refractivity contribution is -0.139. The van der Waals surface area contributed by atoms with Crippen molar-refractivity contribution in [2.75, 3.05) is 25.6 Å². The Morgan fingerprint density at radius 3 is 2.45 bits per heavy atom. The van der Waals surface area contributed by atoms with Crippen LogP contribution in [0, 0.1) is 0 Å². The molecular formula is C25H24ClN3O3S. The minimum absolute atomic E-state index is 0.204. The topological polar surface area (TPSA) is 63.9 Å². The molecule has 0 spiro atoms. The van der Waals surface area contributed by atoms with Crippen molar-refractivity contribution in [2.45, 2.75) is 19.9 Å². The number of benzene rings is 2. The third-order valence-corrected chi connectivity index (χ3v) is 6.64. The fraction of sp³-hybridized carbons (Fsp3) is 0.240. The molecule has 4 rings (SSSR count). The average Bonchev–Trinajstić information content (AvgIpc) is 3.08. The molecule has 0 saturated heterocycles. The first kappa shape index (κ1) is 23.0. The molecule has 0 radical (unpaired) electrons. The monoisotopic (exact) mass is 481 g/mol.